The number of aromatic nitrogens is 2. The molecule has 1 aromatic heterocycles. The molecule has 204 valence electrons. The van der Waals surface area contributed by atoms with Crippen LogP contribution in [0.25, 0.3) is 11.3 Å². The van der Waals surface area contributed by atoms with Crippen LogP contribution in [0.15, 0.2) is 91.0 Å². The molecule has 0 unspecified atom stereocenters. The van der Waals surface area contributed by atoms with Crippen LogP contribution < -0.4 is 4.90 Å². The Kier molecular flexibility index (Phi) is 8.41. The lowest BCUT2D eigenvalue weighted by molar-refractivity contribution is -0.132. The molecular weight excluding hydrogens is 522 g/mol. The SMILES string of the molecule is Cc1ccc(C(=O)N(CC(=O)N2CCN(c3ccc(-c4ccccc4Cl)nn3)CC2)[C@H](C)c2ccccc2)cc1. The van der Waals surface area contributed by atoms with Crippen molar-refractivity contribution in [2.24, 2.45) is 0 Å². The molecule has 40 heavy (non-hydrogen) atoms. The van der Waals surface area contributed by atoms with Gasteiger partial charge in [-0.15, -0.1) is 10.2 Å². The third-order valence-electron chi connectivity index (χ3n) is 7.37. The third kappa shape index (κ3) is 6.15. The summed E-state index contributed by atoms with van der Waals surface area (Å²) in [6.07, 6.45) is 0. The molecule has 3 aromatic carbocycles. The summed E-state index contributed by atoms with van der Waals surface area (Å²) in [4.78, 5) is 32.7. The van der Waals surface area contributed by atoms with Crippen LogP contribution >= 0.6 is 11.6 Å². The second-order valence-corrected chi connectivity index (χ2v) is 10.4. The van der Waals surface area contributed by atoms with Crippen LogP contribution in [0.1, 0.15) is 34.5 Å². The van der Waals surface area contributed by atoms with Gasteiger partial charge in [-0.3, -0.25) is 9.59 Å². The first-order valence-corrected chi connectivity index (χ1v) is 13.8. The molecule has 1 aliphatic heterocycles. The van der Waals surface area contributed by atoms with E-state index in [1.807, 2.05) is 110 Å². The van der Waals surface area contributed by atoms with E-state index in [1.165, 1.54) is 0 Å². The maximum atomic E-state index is 13.6. The fourth-order valence-corrected chi connectivity index (χ4v) is 5.13. The summed E-state index contributed by atoms with van der Waals surface area (Å²) in [5.74, 6) is 0.539. The molecule has 1 fully saturated rings. The molecule has 4 aromatic rings. The summed E-state index contributed by atoms with van der Waals surface area (Å²) in [7, 11) is 0. The number of rotatable bonds is 7. The zero-order chi connectivity index (χ0) is 28.1. The minimum Gasteiger partial charge on any atom is -0.352 e. The van der Waals surface area contributed by atoms with Gasteiger partial charge in [-0.05, 0) is 49.7 Å². The first kappa shape index (κ1) is 27.3. The van der Waals surface area contributed by atoms with Gasteiger partial charge in [0.2, 0.25) is 5.91 Å². The van der Waals surface area contributed by atoms with Crippen molar-refractivity contribution < 1.29 is 9.59 Å². The molecule has 0 saturated carbocycles. The molecule has 1 aliphatic rings. The van der Waals surface area contributed by atoms with Gasteiger partial charge in [-0.25, -0.2) is 0 Å². The number of nitrogens with zero attached hydrogens (tertiary/aromatic N) is 5. The molecule has 8 heteroatoms. The van der Waals surface area contributed by atoms with E-state index < -0.39 is 0 Å². The van der Waals surface area contributed by atoms with Gasteiger partial charge >= 0.3 is 0 Å². The first-order chi connectivity index (χ1) is 19.4. The molecular formula is C32H32ClN5O2. The van der Waals surface area contributed by atoms with E-state index >= 15 is 0 Å². The Morgan fingerprint density at radius 1 is 0.850 bits per heavy atom. The molecule has 2 amide bonds. The summed E-state index contributed by atoms with van der Waals surface area (Å²) in [6, 6.07) is 28.5. The number of piperazine rings is 1. The van der Waals surface area contributed by atoms with Crippen LogP contribution in [0.3, 0.4) is 0 Å². The molecule has 0 bridgehead atoms. The fourth-order valence-electron chi connectivity index (χ4n) is 4.90. The number of carbonyl (C=O) groups is 2. The van der Waals surface area contributed by atoms with Crippen molar-refractivity contribution in [2.45, 2.75) is 19.9 Å². The number of hydrogen-bond donors (Lipinski definition) is 0. The predicted molar refractivity (Wildman–Crippen MR) is 158 cm³/mol. The van der Waals surface area contributed by atoms with E-state index in [4.69, 9.17) is 11.6 Å². The summed E-state index contributed by atoms with van der Waals surface area (Å²) in [6.45, 7) is 6.31. The minimum atomic E-state index is -0.257. The monoisotopic (exact) mass is 553 g/mol. The number of halogens is 1. The van der Waals surface area contributed by atoms with Crippen LogP contribution in [0.5, 0.6) is 0 Å². The Morgan fingerprint density at radius 3 is 2.17 bits per heavy atom. The van der Waals surface area contributed by atoms with Gasteiger partial charge in [0.25, 0.3) is 5.91 Å². The molecule has 0 N–H and O–H groups in total. The standard InChI is InChI=1S/C32H32ClN5O2/c1-23-12-14-26(15-13-23)32(40)38(24(2)25-8-4-3-5-9-25)22-31(39)37-20-18-36(19-21-37)30-17-16-29(34-35-30)27-10-6-7-11-28(27)33/h3-17,24H,18-22H2,1-2H3/t24-/m1/s1. The van der Waals surface area contributed by atoms with Crippen molar-refractivity contribution in [2.75, 3.05) is 37.6 Å². The smallest absolute Gasteiger partial charge is 0.254 e. The van der Waals surface area contributed by atoms with E-state index in [9.17, 15) is 9.59 Å². The largest absolute Gasteiger partial charge is 0.352 e. The van der Waals surface area contributed by atoms with Crippen molar-refractivity contribution >= 4 is 29.2 Å². The molecule has 1 saturated heterocycles. The highest BCUT2D eigenvalue weighted by molar-refractivity contribution is 6.33. The second-order valence-electron chi connectivity index (χ2n) is 10.0. The number of amides is 2. The van der Waals surface area contributed by atoms with Crippen molar-refractivity contribution in [3.63, 3.8) is 0 Å². The summed E-state index contributed by atoms with van der Waals surface area (Å²) >= 11 is 6.30. The Labute approximate surface area is 240 Å². The first-order valence-electron chi connectivity index (χ1n) is 13.4. The lowest BCUT2D eigenvalue weighted by atomic mass is 10.0. The normalized spacial score (nSPS) is 14.1. The number of benzene rings is 3. The van der Waals surface area contributed by atoms with Crippen molar-refractivity contribution in [3.05, 3.63) is 113 Å². The summed E-state index contributed by atoms with van der Waals surface area (Å²) < 4.78 is 0. The van der Waals surface area contributed by atoms with E-state index in [0.29, 0.717) is 42.5 Å². The van der Waals surface area contributed by atoms with E-state index in [2.05, 4.69) is 15.1 Å². The Bertz CT molecular complexity index is 1450. The van der Waals surface area contributed by atoms with E-state index in [0.717, 1.165) is 22.5 Å². The quantitative estimate of drug-likeness (QED) is 0.295. The van der Waals surface area contributed by atoms with Gasteiger partial charge in [-0.2, -0.15) is 0 Å². The topological polar surface area (TPSA) is 69.6 Å². The van der Waals surface area contributed by atoms with Gasteiger partial charge in [0.15, 0.2) is 5.82 Å². The maximum Gasteiger partial charge on any atom is 0.254 e. The summed E-state index contributed by atoms with van der Waals surface area (Å²) in [5, 5.41) is 9.43. The Balaban J connectivity index is 1.25. The van der Waals surface area contributed by atoms with Crippen LogP contribution in [-0.4, -0.2) is 64.5 Å². The molecule has 5 rings (SSSR count). The van der Waals surface area contributed by atoms with Crippen LogP contribution in [0.2, 0.25) is 5.02 Å². The molecule has 0 aliphatic carbocycles. The van der Waals surface area contributed by atoms with Crippen LogP contribution in [0.4, 0.5) is 5.82 Å². The van der Waals surface area contributed by atoms with Gasteiger partial charge in [-0.1, -0.05) is 77.8 Å². The molecule has 1 atom stereocenters. The Hall–Kier alpha value is -4.23. The van der Waals surface area contributed by atoms with Crippen molar-refractivity contribution in [1.29, 1.82) is 0 Å². The molecule has 0 radical (unpaired) electrons. The van der Waals surface area contributed by atoms with Gasteiger partial charge < -0.3 is 14.7 Å². The van der Waals surface area contributed by atoms with Crippen molar-refractivity contribution in [1.82, 2.24) is 20.0 Å². The number of carbonyl (C=O) groups excluding carboxylic acids is 2. The zero-order valence-electron chi connectivity index (χ0n) is 22.7. The van der Waals surface area contributed by atoms with Gasteiger partial charge in [0.05, 0.1) is 16.8 Å². The highest BCUT2D eigenvalue weighted by atomic mass is 35.5. The number of anilines is 1. The highest BCUT2D eigenvalue weighted by Crippen LogP contribution is 2.27. The van der Waals surface area contributed by atoms with E-state index in [-0.39, 0.29) is 24.4 Å². The predicted octanol–water partition coefficient (Wildman–Crippen LogP) is 5.66. The average Bonchev–Trinajstić information content (AvgIpc) is 3.00. The second kappa shape index (κ2) is 12.3. The minimum absolute atomic E-state index is 0.00904. The maximum absolute atomic E-state index is 13.6. The average molecular weight is 554 g/mol. The number of aryl methyl sites for hydroxylation is 1. The van der Waals surface area contributed by atoms with Crippen LogP contribution in [0, 0.1) is 6.92 Å². The number of hydrogen-bond acceptors (Lipinski definition) is 5. The van der Waals surface area contributed by atoms with Gasteiger partial charge in [0.1, 0.15) is 6.54 Å². The highest BCUT2D eigenvalue weighted by Gasteiger charge is 2.29. The van der Waals surface area contributed by atoms with Crippen molar-refractivity contribution in [3.8, 4) is 11.3 Å². The third-order valence-corrected chi connectivity index (χ3v) is 7.70. The Morgan fingerprint density at radius 2 is 1.52 bits per heavy atom. The lowest BCUT2D eigenvalue weighted by Gasteiger charge is -2.37. The molecule has 7 nitrogen and oxygen atoms in total. The zero-order valence-corrected chi connectivity index (χ0v) is 23.5. The molecule has 2 heterocycles. The lowest BCUT2D eigenvalue weighted by Crippen LogP contribution is -2.52. The van der Waals surface area contributed by atoms with E-state index in [1.54, 1.807) is 4.90 Å². The fraction of sp³-hybridized carbons (Fsp3) is 0.250. The van der Waals surface area contributed by atoms with Crippen LogP contribution in [-0.2, 0) is 4.79 Å². The molecule has 0 spiro atoms. The van der Waals surface area contributed by atoms with Gasteiger partial charge in [0, 0.05) is 37.3 Å². The summed E-state index contributed by atoms with van der Waals surface area (Å²) in [5.41, 5.74) is 4.20.